The third-order valence-corrected chi connectivity index (χ3v) is 2.49. The molecule has 3 N–H and O–H groups in total. The molecule has 0 spiro atoms. The second-order valence-electron chi connectivity index (χ2n) is 3.75. The van der Waals surface area contributed by atoms with Crippen LogP contribution in [0.3, 0.4) is 0 Å². The van der Waals surface area contributed by atoms with Gasteiger partial charge in [-0.15, -0.1) is 0 Å². The zero-order valence-electron chi connectivity index (χ0n) is 8.90. The number of nitrogens with two attached hydrogens (primary N) is 1. The fraction of sp³-hybridized carbons (Fsp3) is 0.0769. The monoisotopic (exact) mass is 235 g/mol. The summed E-state index contributed by atoms with van der Waals surface area (Å²) in [6, 6.07) is 9.93. The fourth-order valence-corrected chi connectivity index (χ4v) is 1.60. The summed E-state index contributed by atoms with van der Waals surface area (Å²) in [5.41, 5.74) is 6.91. The number of benzene rings is 2. The smallest absolute Gasteiger partial charge is 0.159 e. The number of aliphatic hydroxyl groups excluding tert-OH is 1. The molecule has 0 fully saturated rings. The van der Waals surface area contributed by atoms with Gasteiger partial charge in [0.2, 0.25) is 0 Å². The van der Waals surface area contributed by atoms with Gasteiger partial charge in [-0.3, -0.25) is 0 Å². The molecule has 17 heavy (non-hydrogen) atoms. The molecule has 1 atom stereocenters. The van der Waals surface area contributed by atoms with Gasteiger partial charge in [0.1, 0.15) is 6.10 Å². The van der Waals surface area contributed by atoms with E-state index in [0.29, 0.717) is 11.3 Å². The number of nitrogen functional groups attached to an aromatic ring is 1. The molecule has 2 rings (SSSR count). The molecule has 0 aliphatic heterocycles. The van der Waals surface area contributed by atoms with Crippen LogP contribution in [-0.4, -0.2) is 5.11 Å². The highest BCUT2D eigenvalue weighted by Crippen LogP contribution is 2.24. The molecule has 0 aliphatic carbocycles. The maximum Gasteiger partial charge on any atom is 0.159 e. The Morgan fingerprint density at radius 2 is 1.65 bits per heavy atom. The summed E-state index contributed by atoms with van der Waals surface area (Å²) < 4.78 is 25.8. The van der Waals surface area contributed by atoms with E-state index >= 15 is 0 Å². The van der Waals surface area contributed by atoms with Gasteiger partial charge in [0.25, 0.3) is 0 Å². The average Bonchev–Trinajstić information content (AvgIpc) is 2.32. The van der Waals surface area contributed by atoms with E-state index in [0.717, 1.165) is 12.1 Å². The average molecular weight is 235 g/mol. The minimum absolute atomic E-state index is 0.287. The number of aliphatic hydroxyl groups is 1. The van der Waals surface area contributed by atoms with Crippen LogP contribution in [0.1, 0.15) is 17.2 Å². The minimum atomic E-state index is -1.02. The molecule has 0 aromatic heterocycles. The molecule has 0 saturated heterocycles. The zero-order chi connectivity index (χ0) is 12.4. The lowest BCUT2D eigenvalue weighted by atomic mass is 10.0. The Kier molecular flexibility index (Phi) is 3.06. The maximum absolute atomic E-state index is 13.0. The molecule has 2 aromatic rings. The molecule has 0 aliphatic rings. The second kappa shape index (κ2) is 4.51. The third kappa shape index (κ3) is 2.42. The Labute approximate surface area is 97.3 Å². The highest BCUT2D eigenvalue weighted by atomic mass is 19.2. The molecular weight excluding hydrogens is 224 g/mol. The van der Waals surface area contributed by atoms with Gasteiger partial charge in [-0.2, -0.15) is 0 Å². The number of rotatable bonds is 2. The summed E-state index contributed by atoms with van der Waals surface area (Å²) in [6.45, 7) is 0. The summed E-state index contributed by atoms with van der Waals surface area (Å²) in [5, 5.41) is 9.99. The molecule has 88 valence electrons. The van der Waals surface area contributed by atoms with Crippen LogP contribution in [-0.2, 0) is 0 Å². The number of halogens is 2. The van der Waals surface area contributed by atoms with Crippen LogP contribution in [0.4, 0.5) is 14.5 Å². The van der Waals surface area contributed by atoms with Crippen molar-refractivity contribution >= 4 is 5.69 Å². The van der Waals surface area contributed by atoms with Crippen LogP contribution in [0.2, 0.25) is 0 Å². The second-order valence-corrected chi connectivity index (χ2v) is 3.75. The zero-order valence-corrected chi connectivity index (χ0v) is 8.90. The van der Waals surface area contributed by atoms with E-state index < -0.39 is 17.7 Å². The van der Waals surface area contributed by atoms with Gasteiger partial charge >= 0.3 is 0 Å². The van der Waals surface area contributed by atoms with E-state index in [1.165, 1.54) is 6.07 Å². The van der Waals surface area contributed by atoms with Gasteiger partial charge in [-0.1, -0.05) is 18.2 Å². The molecular formula is C13H11F2NO. The Balaban J connectivity index is 2.36. The van der Waals surface area contributed by atoms with Crippen LogP contribution in [0.5, 0.6) is 0 Å². The summed E-state index contributed by atoms with van der Waals surface area (Å²) in [6.07, 6.45) is -1.02. The van der Waals surface area contributed by atoms with E-state index in [-0.39, 0.29) is 5.56 Å². The number of anilines is 1. The van der Waals surface area contributed by atoms with Gasteiger partial charge in [0.05, 0.1) is 0 Å². The normalized spacial score (nSPS) is 12.4. The van der Waals surface area contributed by atoms with Crippen molar-refractivity contribution in [3.8, 4) is 0 Å². The minimum Gasteiger partial charge on any atom is -0.399 e. The molecule has 0 radical (unpaired) electrons. The molecule has 0 amide bonds. The lowest BCUT2D eigenvalue weighted by molar-refractivity contribution is 0.219. The highest BCUT2D eigenvalue weighted by molar-refractivity contribution is 5.43. The molecule has 0 heterocycles. The van der Waals surface area contributed by atoms with Crippen molar-refractivity contribution in [3.63, 3.8) is 0 Å². The van der Waals surface area contributed by atoms with Crippen LogP contribution >= 0.6 is 0 Å². The molecule has 1 unspecified atom stereocenters. The Morgan fingerprint density at radius 1 is 0.941 bits per heavy atom. The molecule has 4 heteroatoms. The topological polar surface area (TPSA) is 46.2 Å². The standard InChI is InChI=1S/C13H11F2NO/c14-11-5-4-9(7-12(11)15)13(17)8-2-1-3-10(16)6-8/h1-7,13,17H,16H2. The van der Waals surface area contributed by atoms with Crippen molar-refractivity contribution in [2.45, 2.75) is 6.10 Å². The Morgan fingerprint density at radius 3 is 2.29 bits per heavy atom. The maximum atomic E-state index is 13.0. The van der Waals surface area contributed by atoms with Crippen molar-refractivity contribution in [3.05, 3.63) is 65.2 Å². The third-order valence-electron chi connectivity index (χ3n) is 2.49. The summed E-state index contributed by atoms with van der Waals surface area (Å²) in [4.78, 5) is 0. The van der Waals surface area contributed by atoms with Crippen LogP contribution < -0.4 is 5.73 Å². The predicted octanol–water partition coefficient (Wildman–Crippen LogP) is 2.63. The first-order valence-corrected chi connectivity index (χ1v) is 5.06. The van der Waals surface area contributed by atoms with Crippen LogP contribution in [0, 0.1) is 11.6 Å². The van der Waals surface area contributed by atoms with Gasteiger partial charge < -0.3 is 10.8 Å². The summed E-state index contributed by atoms with van der Waals surface area (Å²) in [7, 11) is 0. The van der Waals surface area contributed by atoms with E-state index in [2.05, 4.69) is 0 Å². The SMILES string of the molecule is Nc1cccc(C(O)c2ccc(F)c(F)c2)c1. The molecule has 2 nitrogen and oxygen atoms in total. The quantitative estimate of drug-likeness (QED) is 0.786. The van der Waals surface area contributed by atoms with E-state index in [1.54, 1.807) is 24.3 Å². The van der Waals surface area contributed by atoms with Crippen molar-refractivity contribution < 1.29 is 13.9 Å². The van der Waals surface area contributed by atoms with Crippen molar-refractivity contribution in [2.24, 2.45) is 0 Å². The van der Waals surface area contributed by atoms with Crippen molar-refractivity contribution in [1.29, 1.82) is 0 Å². The van der Waals surface area contributed by atoms with Gasteiger partial charge in [-0.05, 0) is 35.4 Å². The van der Waals surface area contributed by atoms with E-state index in [4.69, 9.17) is 5.73 Å². The number of hydrogen-bond donors (Lipinski definition) is 2. The molecule has 0 saturated carbocycles. The summed E-state index contributed by atoms with van der Waals surface area (Å²) in [5.74, 6) is -1.92. The predicted molar refractivity (Wildman–Crippen MR) is 61.3 cm³/mol. The van der Waals surface area contributed by atoms with E-state index in [9.17, 15) is 13.9 Å². The fourth-order valence-electron chi connectivity index (χ4n) is 1.60. The van der Waals surface area contributed by atoms with Gasteiger partial charge in [0.15, 0.2) is 11.6 Å². The first kappa shape index (κ1) is 11.5. The molecule has 0 bridgehead atoms. The Hall–Kier alpha value is -1.94. The first-order valence-electron chi connectivity index (χ1n) is 5.06. The van der Waals surface area contributed by atoms with Gasteiger partial charge in [-0.25, -0.2) is 8.78 Å². The van der Waals surface area contributed by atoms with Crippen molar-refractivity contribution in [2.75, 3.05) is 5.73 Å². The lowest BCUT2D eigenvalue weighted by Gasteiger charge is -2.12. The summed E-state index contributed by atoms with van der Waals surface area (Å²) >= 11 is 0. The van der Waals surface area contributed by atoms with E-state index in [1.807, 2.05) is 0 Å². The first-order chi connectivity index (χ1) is 8.08. The van der Waals surface area contributed by atoms with Crippen LogP contribution in [0.25, 0.3) is 0 Å². The Bertz CT molecular complexity index is 543. The largest absolute Gasteiger partial charge is 0.399 e. The molecule has 2 aromatic carbocycles. The van der Waals surface area contributed by atoms with Crippen molar-refractivity contribution in [1.82, 2.24) is 0 Å². The van der Waals surface area contributed by atoms with Crippen LogP contribution in [0.15, 0.2) is 42.5 Å². The highest BCUT2D eigenvalue weighted by Gasteiger charge is 2.13. The lowest BCUT2D eigenvalue weighted by Crippen LogP contribution is -2.01. The number of hydrogen-bond acceptors (Lipinski definition) is 2. The van der Waals surface area contributed by atoms with Gasteiger partial charge in [0, 0.05) is 5.69 Å².